The number of hydrogen-bond donors (Lipinski definition) is 1. The van der Waals surface area contributed by atoms with Gasteiger partial charge in [-0.1, -0.05) is 12.8 Å². The van der Waals surface area contributed by atoms with Crippen molar-refractivity contribution in [1.29, 1.82) is 0 Å². The van der Waals surface area contributed by atoms with Crippen molar-refractivity contribution >= 4 is 9.84 Å². The van der Waals surface area contributed by atoms with Crippen LogP contribution in [0, 0.1) is 11.8 Å². The molecule has 2 saturated heterocycles. The molecule has 3 atom stereocenters. The standard InChI is InChI=1S/C14H24O4S/c15-13(12-4-8-19(16,17)10-12)11-3-7-18-14(9-11)5-1-2-6-14/h11-13,15H,1-10H2. The highest BCUT2D eigenvalue weighted by Crippen LogP contribution is 2.44. The van der Waals surface area contributed by atoms with E-state index in [0.29, 0.717) is 6.42 Å². The summed E-state index contributed by atoms with van der Waals surface area (Å²) in [5.74, 6) is 0.610. The number of hydrogen-bond acceptors (Lipinski definition) is 4. The molecule has 3 aliphatic rings. The van der Waals surface area contributed by atoms with Gasteiger partial charge in [-0.25, -0.2) is 8.42 Å². The third-order valence-corrected chi connectivity index (χ3v) is 7.07. The van der Waals surface area contributed by atoms with E-state index in [4.69, 9.17) is 4.74 Å². The Balaban J connectivity index is 1.65. The van der Waals surface area contributed by atoms with Crippen LogP contribution in [0.25, 0.3) is 0 Å². The van der Waals surface area contributed by atoms with Crippen molar-refractivity contribution in [3.8, 4) is 0 Å². The third kappa shape index (κ3) is 2.83. The third-order valence-electron chi connectivity index (χ3n) is 5.28. The molecule has 0 radical (unpaired) electrons. The molecule has 0 amide bonds. The van der Waals surface area contributed by atoms with Gasteiger partial charge in [-0.15, -0.1) is 0 Å². The Hall–Kier alpha value is -0.130. The van der Waals surface area contributed by atoms with Crippen LogP contribution in [0.1, 0.15) is 44.9 Å². The number of aliphatic hydroxyl groups is 1. The lowest BCUT2D eigenvalue weighted by Gasteiger charge is -2.41. The molecular weight excluding hydrogens is 264 g/mol. The van der Waals surface area contributed by atoms with E-state index >= 15 is 0 Å². The quantitative estimate of drug-likeness (QED) is 0.837. The summed E-state index contributed by atoms with van der Waals surface area (Å²) in [6.07, 6.45) is 6.64. The lowest BCUT2D eigenvalue weighted by atomic mass is 9.78. The van der Waals surface area contributed by atoms with Crippen molar-refractivity contribution in [3.63, 3.8) is 0 Å². The van der Waals surface area contributed by atoms with Gasteiger partial charge in [-0.05, 0) is 43.9 Å². The highest BCUT2D eigenvalue weighted by atomic mass is 32.2. The average molecular weight is 288 g/mol. The first-order chi connectivity index (χ1) is 9.00. The van der Waals surface area contributed by atoms with Crippen LogP contribution in [-0.2, 0) is 14.6 Å². The van der Waals surface area contributed by atoms with E-state index in [2.05, 4.69) is 0 Å². The molecule has 2 aliphatic heterocycles. The van der Waals surface area contributed by atoms with Crippen molar-refractivity contribution in [2.45, 2.75) is 56.7 Å². The molecule has 3 unspecified atom stereocenters. The van der Waals surface area contributed by atoms with Crippen LogP contribution in [0.2, 0.25) is 0 Å². The molecule has 1 saturated carbocycles. The zero-order valence-electron chi connectivity index (χ0n) is 11.4. The molecule has 4 nitrogen and oxygen atoms in total. The first-order valence-electron chi connectivity index (χ1n) is 7.52. The highest BCUT2D eigenvalue weighted by molar-refractivity contribution is 7.91. The Labute approximate surface area is 115 Å². The van der Waals surface area contributed by atoms with Gasteiger partial charge >= 0.3 is 0 Å². The number of sulfone groups is 1. The highest BCUT2D eigenvalue weighted by Gasteiger charge is 2.44. The van der Waals surface area contributed by atoms with E-state index in [-0.39, 0.29) is 28.9 Å². The molecule has 0 aromatic carbocycles. The SMILES string of the molecule is O=S1(=O)CCC(C(O)C2CCOC3(CCCC3)C2)C1. The molecule has 3 fully saturated rings. The Morgan fingerprint density at radius 2 is 1.89 bits per heavy atom. The lowest BCUT2D eigenvalue weighted by molar-refractivity contribution is -0.118. The van der Waals surface area contributed by atoms with Crippen LogP contribution < -0.4 is 0 Å². The summed E-state index contributed by atoms with van der Waals surface area (Å²) in [6.45, 7) is 0.723. The van der Waals surface area contributed by atoms with Gasteiger partial charge in [0.25, 0.3) is 0 Å². The Morgan fingerprint density at radius 1 is 1.16 bits per heavy atom. The number of ether oxygens (including phenoxy) is 1. The van der Waals surface area contributed by atoms with Crippen molar-refractivity contribution in [3.05, 3.63) is 0 Å². The average Bonchev–Trinajstić information content (AvgIpc) is 2.96. The van der Waals surface area contributed by atoms with Crippen LogP contribution >= 0.6 is 0 Å². The zero-order chi connectivity index (χ0) is 13.5. The molecular formula is C14H24O4S. The Morgan fingerprint density at radius 3 is 2.53 bits per heavy atom. The summed E-state index contributed by atoms with van der Waals surface area (Å²) in [4.78, 5) is 0. The fourth-order valence-electron chi connectivity index (χ4n) is 4.20. The fraction of sp³-hybridized carbons (Fsp3) is 1.00. The summed E-state index contributed by atoms with van der Waals surface area (Å²) in [5.41, 5.74) is 0.00137. The topological polar surface area (TPSA) is 63.6 Å². The Kier molecular flexibility index (Phi) is 3.65. The molecule has 19 heavy (non-hydrogen) atoms. The summed E-state index contributed by atoms with van der Waals surface area (Å²) in [5, 5.41) is 10.5. The summed E-state index contributed by atoms with van der Waals surface area (Å²) >= 11 is 0. The van der Waals surface area contributed by atoms with Gasteiger partial charge in [0.05, 0.1) is 23.2 Å². The smallest absolute Gasteiger partial charge is 0.150 e. The predicted molar refractivity (Wildman–Crippen MR) is 72.6 cm³/mol. The predicted octanol–water partition coefficient (Wildman–Crippen LogP) is 1.52. The second-order valence-corrected chi connectivity index (χ2v) is 8.87. The molecule has 0 bridgehead atoms. The molecule has 1 aliphatic carbocycles. The van der Waals surface area contributed by atoms with Gasteiger partial charge in [0, 0.05) is 6.61 Å². The maximum Gasteiger partial charge on any atom is 0.150 e. The molecule has 2 heterocycles. The summed E-state index contributed by atoms with van der Waals surface area (Å²) < 4.78 is 29.1. The largest absolute Gasteiger partial charge is 0.393 e. The van der Waals surface area contributed by atoms with E-state index in [1.54, 1.807) is 0 Å². The zero-order valence-corrected chi connectivity index (χ0v) is 12.2. The van der Waals surface area contributed by atoms with Gasteiger partial charge in [-0.2, -0.15) is 0 Å². The van der Waals surface area contributed by atoms with E-state index < -0.39 is 15.9 Å². The summed E-state index contributed by atoms with van der Waals surface area (Å²) in [7, 11) is -2.90. The first-order valence-corrected chi connectivity index (χ1v) is 9.34. The van der Waals surface area contributed by atoms with Crippen LogP contribution in [0.5, 0.6) is 0 Å². The molecule has 0 aromatic heterocycles. The monoisotopic (exact) mass is 288 g/mol. The summed E-state index contributed by atoms with van der Waals surface area (Å²) in [6, 6.07) is 0. The molecule has 110 valence electrons. The normalized spacial score (nSPS) is 38.6. The lowest BCUT2D eigenvalue weighted by Crippen LogP contribution is -2.43. The second-order valence-electron chi connectivity index (χ2n) is 6.65. The Bertz CT molecular complexity index is 425. The minimum absolute atomic E-state index is 0.00137. The number of aliphatic hydroxyl groups excluding tert-OH is 1. The van der Waals surface area contributed by atoms with Gasteiger partial charge < -0.3 is 9.84 Å². The van der Waals surface area contributed by atoms with E-state index in [1.807, 2.05) is 0 Å². The first kappa shape index (κ1) is 13.8. The van der Waals surface area contributed by atoms with Crippen LogP contribution in [0.3, 0.4) is 0 Å². The van der Waals surface area contributed by atoms with Crippen molar-refractivity contribution in [2.75, 3.05) is 18.1 Å². The minimum Gasteiger partial charge on any atom is -0.393 e. The van der Waals surface area contributed by atoms with Crippen molar-refractivity contribution in [1.82, 2.24) is 0 Å². The number of rotatable bonds is 2. The van der Waals surface area contributed by atoms with Crippen LogP contribution in [0.4, 0.5) is 0 Å². The van der Waals surface area contributed by atoms with Gasteiger partial charge in [-0.3, -0.25) is 0 Å². The van der Waals surface area contributed by atoms with Gasteiger partial charge in [0.2, 0.25) is 0 Å². The molecule has 3 rings (SSSR count). The van der Waals surface area contributed by atoms with Crippen LogP contribution in [-0.4, -0.2) is 43.3 Å². The maximum atomic E-state index is 11.5. The van der Waals surface area contributed by atoms with E-state index in [1.165, 1.54) is 12.8 Å². The minimum atomic E-state index is -2.90. The second kappa shape index (κ2) is 5.01. The van der Waals surface area contributed by atoms with Gasteiger partial charge in [0.1, 0.15) is 0 Å². The molecule has 5 heteroatoms. The molecule has 1 N–H and O–H groups in total. The van der Waals surface area contributed by atoms with E-state index in [0.717, 1.165) is 32.3 Å². The van der Waals surface area contributed by atoms with Crippen molar-refractivity contribution < 1.29 is 18.3 Å². The maximum absolute atomic E-state index is 11.5. The molecule has 0 aromatic rings. The van der Waals surface area contributed by atoms with E-state index in [9.17, 15) is 13.5 Å². The van der Waals surface area contributed by atoms with Crippen LogP contribution in [0.15, 0.2) is 0 Å². The van der Waals surface area contributed by atoms with Crippen molar-refractivity contribution in [2.24, 2.45) is 11.8 Å². The van der Waals surface area contributed by atoms with Gasteiger partial charge in [0.15, 0.2) is 9.84 Å². The fourth-order valence-corrected chi connectivity index (χ4v) is 6.05. The molecule has 1 spiro atoms.